The molecule has 2 rings (SSSR count). The van der Waals surface area contributed by atoms with Crippen molar-refractivity contribution in [1.29, 1.82) is 0 Å². The maximum Gasteiger partial charge on any atom is 0.337 e. The number of hydrogen-bond acceptors (Lipinski definition) is 4. The Morgan fingerprint density at radius 3 is 3.09 bits per heavy atom. The molecule has 0 spiro atoms. The zero-order valence-corrected chi connectivity index (χ0v) is 5.78. The van der Waals surface area contributed by atoms with Crippen LogP contribution in [0.3, 0.4) is 0 Å². The zero-order valence-electron chi connectivity index (χ0n) is 5.78. The summed E-state index contributed by atoms with van der Waals surface area (Å²) in [5, 5.41) is 5.65. The lowest BCUT2D eigenvalue weighted by Crippen LogP contribution is -2.46. The predicted molar refractivity (Wildman–Crippen MR) is 35.3 cm³/mol. The third-order valence-electron chi connectivity index (χ3n) is 1.51. The van der Waals surface area contributed by atoms with Crippen LogP contribution in [-0.4, -0.2) is 29.2 Å². The van der Waals surface area contributed by atoms with E-state index in [2.05, 4.69) is 10.9 Å². The highest BCUT2D eigenvalue weighted by atomic mass is 16.7. The molecule has 1 saturated heterocycles. The molecule has 60 valence electrons. The van der Waals surface area contributed by atoms with Crippen molar-refractivity contribution in [3.8, 4) is 0 Å². The molecule has 2 aliphatic heterocycles. The second kappa shape index (κ2) is 2.31. The molecule has 0 bridgehead atoms. The van der Waals surface area contributed by atoms with E-state index >= 15 is 0 Å². The summed E-state index contributed by atoms with van der Waals surface area (Å²) in [6, 6.07) is -0.118. The van der Waals surface area contributed by atoms with Crippen LogP contribution in [0.2, 0.25) is 0 Å². The Morgan fingerprint density at radius 2 is 2.55 bits per heavy atom. The first-order valence-corrected chi connectivity index (χ1v) is 3.30. The molecule has 0 aromatic rings. The average Bonchev–Trinajstić information content (AvgIpc) is 2.55. The molecule has 0 saturated carbocycles. The highest BCUT2D eigenvalue weighted by molar-refractivity contribution is 5.75. The first-order chi connectivity index (χ1) is 5.38. The van der Waals surface area contributed by atoms with Crippen molar-refractivity contribution in [2.45, 2.75) is 0 Å². The maximum absolute atomic E-state index is 11.0. The fraction of sp³-hybridized carbons (Fsp3) is 0.400. The summed E-state index contributed by atoms with van der Waals surface area (Å²) in [6.07, 6.45) is 3.09. The van der Waals surface area contributed by atoms with Crippen LogP contribution in [0.25, 0.3) is 0 Å². The molecular weight excluding hydrogens is 148 g/mol. The molecule has 0 aromatic carbocycles. The van der Waals surface area contributed by atoms with Crippen LogP contribution < -0.4 is 10.9 Å². The van der Waals surface area contributed by atoms with Crippen LogP contribution in [0.5, 0.6) is 0 Å². The Morgan fingerprint density at radius 1 is 1.64 bits per heavy atom. The number of carbonyl (C=O) groups is 1. The minimum absolute atomic E-state index is 0.118. The lowest BCUT2D eigenvalue weighted by Gasteiger charge is -2.23. The number of carbonyl (C=O) groups excluding carboxylic acids is 1. The van der Waals surface area contributed by atoms with Crippen LogP contribution in [0.4, 0.5) is 4.79 Å². The monoisotopic (exact) mass is 156 g/mol. The number of amides is 2. The topological polar surface area (TPSA) is 56.8 Å². The molecule has 2 aliphatic rings. The second-order valence-corrected chi connectivity index (χ2v) is 2.19. The van der Waals surface area contributed by atoms with Crippen molar-refractivity contribution in [1.82, 2.24) is 21.0 Å². The summed E-state index contributed by atoms with van der Waals surface area (Å²) < 4.78 is 0. The fourth-order valence-electron chi connectivity index (χ4n) is 1.000. The van der Waals surface area contributed by atoms with Crippen LogP contribution in [0, 0.1) is 0 Å². The van der Waals surface area contributed by atoms with Gasteiger partial charge in [0, 0.05) is 6.54 Å². The summed E-state index contributed by atoms with van der Waals surface area (Å²) >= 11 is 0. The molecule has 0 aliphatic carbocycles. The van der Waals surface area contributed by atoms with E-state index in [4.69, 9.17) is 4.84 Å². The van der Waals surface area contributed by atoms with Crippen molar-refractivity contribution in [3.05, 3.63) is 12.5 Å². The van der Waals surface area contributed by atoms with Crippen LogP contribution >= 0.6 is 0 Å². The van der Waals surface area contributed by atoms with E-state index in [0.29, 0.717) is 13.1 Å². The Kier molecular flexibility index (Phi) is 1.32. The van der Waals surface area contributed by atoms with Gasteiger partial charge in [0.2, 0.25) is 0 Å². The molecule has 0 aromatic heterocycles. The predicted octanol–water partition coefficient (Wildman–Crippen LogP) is -0.850. The number of nitrogens with one attached hydrogen (secondary N) is 2. The molecule has 11 heavy (non-hydrogen) atoms. The molecule has 2 heterocycles. The Balaban J connectivity index is 2.03. The smallest absolute Gasteiger partial charge is 0.337 e. The average molecular weight is 156 g/mol. The highest BCUT2D eigenvalue weighted by Gasteiger charge is 2.25. The minimum Gasteiger partial charge on any atom is -0.394 e. The van der Waals surface area contributed by atoms with Crippen LogP contribution in [-0.2, 0) is 4.84 Å². The summed E-state index contributed by atoms with van der Waals surface area (Å²) in [7, 11) is 0. The summed E-state index contributed by atoms with van der Waals surface area (Å²) in [6.45, 7) is 1.32. The Hall–Kier alpha value is -1.43. The van der Waals surface area contributed by atoms with Gasteiger partial charge in [-0.05, 0) is 5.59 Å². The minimum atomic E-state index is -0.118. The maximum atomic E-state index is 11.0. The van der Waals surface area contributed by atoms with Gasteiger partial charge in [-0.15, -0.1) is 0 Å². The highest BCUT2D eigenvalue weighted by Crippen LogP contribution is 2.04. The normalized spacial score (nSPS) is 22.4. The van der Waals surface area contributed by atoms with Crippen molar-refractivity contribution in [2.75, 3.05) is 13.1 Å². The van der Waals surface area contributed by atoms with Crippen molar-refractivity contribution >= 4 is 6.03 Å². The molecule has 2 amide bonds. The van der Waals surface area contributed by atoms with Gasteiger partial charge in [-0.3, -0.25) is 0 Å². The van der Waals surface area contributed by atoms with E-state index in [1.165, 1.54) is 16.4 Å². The third kappa shape index (κ3) is 0.966. The largest absolute Gasteiger partial charge is 0.394 e. The molecule has 0 unspecified atom stereocenters. The van der Waals surface area contributed by atoms with Gasteiger partial charge in [0.25, 0.3) is 0 Å². The van der Waals surface area contributed by atoms with Gasteiger partial charge in [-0.1, -0.05) is 0 Å². The number of urea groups is 1. The van der Waals surface area contributed by atoms with E-state index in [1.807, 2.05) is 0 Å². The van der Waals surface area contributed by atoms with E-state index < -0.39 is 0 Å². The van der Waals surface area contributed by atoms with Gasteiger partial charge >= 0.3 is 6.03 Å². The Labute approximate surface area is 63.3 Å². The molecule has 0 radical (unpaired) electrons. The van der Waals surface area contributed by atoms with Crippen molar-refractivity contribution in [3.63, 3.8) is 0 Å². The second-order valence-electron chi connectivity index (χ2n) is 2.19. The first kappa shape index (κ1) is 6.29. The SMILES string of the molecule is O=C1NCCN1N1C=CON1. The number of hydrazine groups is 2. The van der Waals surface area contributed by atoms with Crippen LogP contribution in [0.15, 0.2) is 12.5 Å². The standard InChI is InChI=1S/C5H8N4O2/c10-5-6-1-2-8(5)9-3-4-11-7-9/h3-4,7H,1-2H2,(H,6,10). The number of rotatable bonds is 1. The summed E-state index contributed by atoms with van der Waals surface area (Å²) in [5.41, 5.74) is 2.52. The molecule has 6 heteroatoms. The van der Waals surface area contributed by atoms with E-state index in [9.17, 15) is 4.79 Å². The quantitative estimate of drug-likeness (QED) is 0.519. The van der Waals surface area contributed by atoms with Gasteiger partial charge in [0.05, 0.1) is 12.7 Å². The van der Waals surface area contributed by atoms with Gasteiger partial charge < -0.3 is 10.2 Å². The van der Waals surface area contributed by atoms with Crippen molar-refractivity contribution < 1.29 is 9.63 Å². The van der Waals surface area contributed by atoms with E-state index in [1.54, 1.807) is 6.20 Å². The third-order valence-corrected chi connectivity index (χ3v) is 1.51. The Bertz CT molecular complexity index is 205. The van der Waals surface area contributed by atoms with Crippen molar-refractivity contribution in [2.24, 2.45) is 0 Å². The molecular formula is C5H8N4O2. The molecule has 1 fully saturated rings. The summed E-state index contributed by atoms with van der Waals surface area (Å²) in [5.74, 6) is 0. The van der Waals surface area contributed by atoms with E-state index in [-0.39, 0.29) is 6.03 Å². The van der Waals surface area contributed by atoms with Gasteiger partial charge in [-0.25, -0.2) is 9.80 Å². The summed E-state index contributed by atoms with van der Waals surface area (Å²) in [4.78, 5) is 15.7. The molecule has 2 N–H and O–H groups in total. The van der Waals surface area contributed by atoms with Crippen LogP contribution in [0.1, 0.15) is 0 Å². The molecule has 6 nitrogen and oxygen atoms in total. The van der Waals surface area contributed by atoms with Gasteiger partial charge in [-0.2, -0.15) is 5.12 Å². The number of nitrogens with zero attached hydrogens (tertiary/aromatic N) is 2. The number of hydrogen-bond donors (Lipinski definition) is 2. The first-order valence-electron chi connectivity index (χ1n) is 3.30. The van der Waals surface area contributed by atoms with Gasteiger partial charge in [0.15, 0.2) is 0 Å². The van der Waals surface area contributed by atoms with Gasteiger partial charge in [0.1, 0.15) is 6.26 Å². The van der Waals surface area contributed by atoms with E-state index in [0.717, 1.165) is 0 Å². The molecule has 0 atom stereocenters. The zero-order chi connectivity index (χ0) is 7.68. The lowest BCUT2D eigenvalue weighted by molar-refractivity contribution is -0.0665. The fourth-order valence-corrected chi connectivity index (χ4v) is 1.000. The lowest BCUT2D eigenvalue weighted by atomic mass is 10.7.